The standard InChI is InChI=1S/C36H41NO8/c1-21(43-2)44-20-45-32-15-27-4-3-5-28(29(27)16-30(32)36-17-22-12-23(18-36)14-24(13-22)19-36)25-6-8-26(9-7-25)34(40)37-31(35(41)42)10-11-33(38)39/h3-9,15-16,21-24,31H,10-14,17-20H2,1-2H3,(H,37,40)(H,38,39)(H,41,42). The summed E-state index contributed by atoms with van der Waals surface area (Å²) in [6.07, 6.45) is 6.67. The molecular weight excluding hydrogens is 574 g/mol. The van der Waals surface area contributed by atoms with Crippen molar-refractivity contribution in [3.8, 4) is 16.9 Å². The first kappa shape index (κ1) is 31.0. The van der Waals surface area contributed by atoms with Crippen molar-refractivity contribution >= 4 is 28.6 Å². The summed E-state index contributed by atoms with van der Waals surface area (Å²) in [6, 6.07) is 16.4. The zero-order valence-electron chi connectivity index (χ0n) is 25.8. The highest BCUT2D eigenvalue weighted by atomic mass is 16.7. The summed E-state index contributed by atoms with van der Waals surface area (Å²) < 4.78 is 17.3. The van der Waals surface area contributed by atoms with Crippen LogP contribution in [0.3, 0.4) is 0 Å². The molecule has 2 unspecified atom stereocenters. The third-order valence-electron chi connectivity index (χ3n) is 10.1. The van der Waals surface area contributed by atoms with E-state index >= 15 is 0 Å². The van der Waals surface area contributed by atoms with Gasteiger partial charge in [0.2, 0.25) is 0 Å². The molecule has 4 bridgehead atoms. The van der Waals surface area contributed by atoms with Crippen LogP contribution in [0.1, 0.15) is 74.2 Å². The lowest BCUT2D eigenvalue weighted by Crippen LogP contribution is -2.48. The first-order valence-corrected chi connectivity index (χ1v) is 15.8. The van der Waals surface area contributed by atoms with E-state index in [-0.39, 0.29) is 31.3 Å². The summed E-state index contributed by atoms with van der Waals surface area (Å²) >= 11 is 0. The van der Waals surface area contributed by atoms with E-state index in [1.807, 2.05) is 25.1 Å². The third-order valence-corrected chi connectivity index (χ3v) is 10.1. The lowest BCUT2D eigenvalue weighted by Gasteiger charge is -2.57. The van der Waals surface area contributed by atoms with Gasteiger partial charge in [0.1, 0.15) is 11.8 Å². The maximum Gasteiger partial charge on any atom is 0.326 e. The fourth-order valence-electron chi connectivity index (χ4n) is 8.36. The molecule has 0 radical (unpaired) electrons. The molecule has 7 rings (SSSR count). The van der Waals surface area contributed by atoms with Gasteiger partial charge in [0.25, 0.3) is 5.91 Å². The number of methoxy groups -OCH3 is 1. The molecule has 238 valence electrons. The van der Waals surface area contributed by atoms with Gasteiger partial charge in [-0.05, 0) is 121 Å². The Morgan fingerprint density at radius 3 is 2.22 bits per heavy atom. The van der Waals surface area contributed by atoms with Crippen molar-refractivity contribution in [1.29, 1.82) is 0 Å². The number of aliphatic carboxylic acids is 2. The van der Waals surface area contributed by atoms with Gasteiger partial charge in [-0.2, -0.15) is 0 Å². The van der Waals surface area contributed by atoms with Crippen LogP contribution in [0.2, 0.25) is 0 Å². The van der Waals surface area contributed by atoms with Gasteiger partial charge < -0.3 is 29.7 Å². The highest BCUT2D eigenvalue weighted by Crippen LogP contribution is 2.62. The van der Waals surface area contributed by atoms with Gasteiger partial charge in [0.15, 0.2) is 13.1 Å². The van der Waals surface area contributed by atoms with Gasteiger partial charge in [-0.15, -0.1) is 0 Å². The molecule has 3 N–H and O–H groups in total. The largest absolute Gasteiger partial charge is 0.481 e. The Kier molecular flexibility index (Phi) is 8.84. The molecule has 9 nitrogen and oxygen atoms in total. The number of carboxylic acids is 2. The number of carboxylic acid groups (broad SMARTS) is 2. The predicted octanol–water partition coefficient (Wildman–Crippen LogP) is 6.37. The van der Waals surface area contributed by atoms with Gasteiger partial charge in [0.05, 0.1) is 0 Å². The Bertz CT molecular complexity index is 1550. The summed E-state index contributed by atoms with van der Waals surface area (Å²) in [5, 5.41) is 23.0. The highest BCUT2D eigenvalue weighted by molar-refractivity contribution is 6.00. The predicted molar refractivity (Wildman–Crippen MR) is 168 cm³/mol. The Labute approximate surface area is 262 Å². The number of hydrogen-bond donors (Lipinski definition) is 3. The Hall–Kier alpha value is -3.95. The van der Waals surface area contributed by atoms with E-state index in [1.165, 1.54) is 44.1 Å². The molecule has 1 amide bonds. The Morgan fingerprint density at radius 1 is 0.956 bits per heavy atom. The molecule has 9 heteroatoms. The zero-order chi connectivity index (χ0) is 31.7. The number of carbonyl (C=O) groups is 3. The summed E-state index contributed by atoms with van der Waals surface area (Å²) in [4.78, 5) is 35.3. The quantitative estimate of drug-likeness (QED) is 0.189. The van der Waals surface area contributed by atoms with Crippen LogP contribution < -0.4 is 10.1 Å². The number of amides is 1. The van der Waals surface area contributed by atoms with Gasteiger partial charge >= 0.3 is 11.9 Å². The minimum Gasteiger partial charge on any atom is -0.481 e. The van der Waals surface area contributed by atoms with Gasteiger partial charge in [-0.3, -0.25) is 9.59 Å². The number of nitrogens with one attached hydrogen (secondary N) is 1. The fourth-order valence-corrected chi connectivity index (χ4v) is 8.36. The van der Waals surface area contributed by atoms with Crippen LogP contribution in [-0.2, 0) is 24.5 Å². The number of fused-ring (bicyclic) bond motifs is 1. The van der Waals surface area contributed by atoms with Crippen LogP contribution in [0.5, 0.6) is 5.75 Å². The topological polar surface area (TPSA) is 131 Å². The lowest BCUT2D eigenvalue weighted by atomic mass is 9.48. The monoisotopic (exact) mass is 615 g/mol. The van der Waals surface area contributed by atoms with E-state index in [1.54, 1.807) is 19.2 Å². The zero-order valence-corrected chi connectivity index (χ0v) is 25.8. The van der Waals surface area contributed by atoms with Gasteiger partial charge in [-0.25, -0.2) is 4.79 Å². The van der Waals surface area contributed by atoms with E-state index in [2.05, 4.69) is 29.6 Å². The van der Waals surface area contributed by atoms with E-state index in [4.69, 9.17) is 19.3 Å². The minimum absolute atomic E-state index is 0.0848. The van der Waals surface area contributed by atoms with Crippen molar-refractivity contribution in [2.24, 2.45) is 17.8 Å². The van der Waals surface area contributed by atoms with Crippen molar-refractivity contribution in [3.05, 3.63) is 65.7 Å². The van der Waals surface area contributed by atoms with Crippen molar-refractivity contribution < 1.29 is 38.8 Å². The van der Waals surface area contributed by atoms with Gasteiger partial charge in [0, 0.05) is 24.7 Å². The highest BCUT2D eigenvalue weighted by Gasteiger charge is 2.52. The van der Waals surface area contributed by atoms with Crippen molar-refractivity contribution in [1.82, 2.24) is 5.32 Å². The van der Waals surface area contributed by atoms with Crippen LogP contribution in [-0.4, -0.2) is 54.3 Å². The van der Waals surface area contributed by atoms with Crippen molar-refractivity contribution in [2.45, 2.75) is 76.0 Å². The van der Waals surface area contributed by atoms with Crippen molar-refractivity contribution in [3.63, 3.8) is 0 Å². The first-order chi connectivity index (χ1) is 21.6. The average Bonchev–Trinajstić information content (AvgIpc) is 3.01. The SMILES string of the molecule is COC(C)OCOc1cc2cccc(-c3ccc(C(=O)NC(CCC(=O)O)C(=O)O)cc3)c2cc1C12CC3CC(CC(C3)C1)C2. The number of rotatable bonds is 13. The summed E-state index contributed by atoms with van der Waals surface area (Å²) in [7, 11) is 1.61. The molecule has 4 aliphatic rings. The molecule has 3 aromatic rings. The first-order valence-electron chi connectivity index (χ1n) is 15.8. The second-order valence-electron chi connectivity index (χ2n) is 13.2. The molecule has 4 saturated carbocycles. The normalized spacial score (nSPS) is 24.7. The molecule has 3 aromatic carbocycles. The molecule has 0 saturated heterocycles. The molecule has 0 heterocycles. The lowest BCUT2D eigenvalue weighted by molar-refractivity contribution is -0.150. The van der Waals surface area contributed by atoms with E-state index in [9.17, 15) is 19.5 Å². The second-order valence-corrected chi connectivity index (χ2v) is 13.2. The number of hydrogen-bond acceptors (Lipinski definition) is 6. The van der Waals surface area contributed by atoms with Gasteiger partial charge in [-0.1, -0.05) is 30.3 Å². The third kappa shape index (κ3) is 6.56. The van der Waals surface area contributed by atoms with E-state index < -0.39 is 23.9 Å². The number of benzene rings is 3. The second kappa shape index (κ2) is 12.8. The Balaban J connectivity index is 1.32. The molecular formula is C36H41NO8. The van der Waals surface area contributed by atoms with Crippen molar-refractivity contribution in [2.75, 3.05) is 13.9 Å². The molecule has 0 aliphatic heterocycles. The van der Waals surface area contributed by atoms with Crippen LogP contribution >= 0.6 is 0 Å². The van der Waals surface area contributed by atoms with Crippen LogP contribution in [0.25, 0.3) is 21.9 Å². The van der Waals surface area contributed by atoms with E-state index in [0.717, 1.165) is 45.4 Å². The molecule has 45 heavy (non-hydrogen) atoms. The minimum atomic E-state index is -1.28. The maximum atomic E-state index is 12.8. The summed E-state index contributed by atoms with van der Waals surface area (Å²) in [6.45, 7) is 1.94. The fraction of sp³-hybridized carbons (Fsp3) is 0.472. The van der Waals surface area contributed by atoms with Crippen LogP contribution in [0, 0.1) is 17.8 Å². The smallest absolute Gasteiger partial charge is 0.326 e. The number of carbonyl (C=O) groups excluding carboxylic acids is 1. The summed E-state index contributed by atoms with van der Waals surface area (Å²) in [5.41, 5.74) is 3.61. The molecule has 0 aromatic heterocycles. The maximum absolute atomic E-state index is 12.8. The number of ether oxygens (including phenoxy) is 3. The molecule has 0 spiro atoms. The molecule has 4 aliphatic carbocycles. The average molecular weight is 616 g/mol. The van der Waals surface area contributed by atoms with E-state index in [0.29, 0.717) is 5.56 Å². The summed E-state index contributed by atoms with van der Waals surface area (Å²) in [5.74, 6) is 0.222. The van der Waals surface area contributed by atoms with Crippen LogP contribution in [0.4, 0.5) is 0 Å². The Morgan fingerprint density at radius 2 is 1.62 bits per heavy atom. The molecule has 2 atom stereocenters. The molecule has 4 fully saturated rings. The van der Waals surface area contributed by atoms with Crippen LogP contribution in [0.15, 0.2) is 54.6 Å².